The Morgan fingerprint density at radius 1 is 1.47 bits per heavy atom. The normalized spacial score (nSPS) is 11.0. The predicted octanol–water partition coefficient (Wildman–Crippen LogP) is 3.19. The highest BCUT2D eigenvalue weighted by atomic mass is 79.9. The average molecular weight is 326 g/mol. The average Bonchev–Trinajstić information content (AvgIpc) is 2.76. The molecular weight excluding hydrogens is 313 g/mol. The molecule has 0 amide bonds. The van der Waals surface area contributed by atoms with E-state index in [1.807, 2.05) is 13.8 Å². The first-order chi connectivity index (χ1) is 9.00. The molecule has 1 aromatic carbocycles. The minimum absolute atomic E-state index is 0.0255. The van der Waals surface area contributed by atoms with Crippen molar-refractivity contribution in [1.82, 2.24) is 14.8 Å². The van der Waals surface area contributed by atoms with Gasteiger partial charge in [-0.1, -0.05) is 6.07 Å². The van der Waals surface area contributed by atoms with Crippen LogP contribution in [0.4, 0.5) is 4.39 Å². The maximum atomic E-state index is 13.7. The Hall–Kier alpha value is -1.56. The summed E-state index contributed by atoms with van der Waals surface area (Å²) >= 11 is 3.20. The fraction of sp³-hybridized carbons (Fsp3) is 0.308. The van der Waals surface area contributed by atoms with Crippen molar-refractivity contribution in [1.29, 1.82) is 0 Å². The third-order valence-corrected chi connectivity index (χ3v) is 3.36. The SMILES string of the molecule is CC(C)n1ncnc1CC(=O)c1c(F)cccc1Br. The van der Waals surface area contributed by atoms with Crippen LogP contribution in [-0.4, -0.2) is 20.5 Å². The van der Waals surface area contributed by atoms with Gasteiger partial charge in [0.1, 0.15) is 18.0 Å². The Morgan fingerprint density at radius 3 is 2.84 bits per heavy atom. The van der Waals surface area contributed by atoms with Crippen LogP contribution >= 0.6 is 15.9 Å². The van der Waals surface area contributed by atoms with Crippen LogP contribution in [0.25, 0.3) is 0 Å². The molecule has 0 unspecified atom stereocenters. The molecule has 6 heteroatoms. The molecule has 0 radical (unpaired) electrons. The first kappa shape index (κ1) is 13.9. The molecule has 0 aliphatic rings. The molecule has 0 spiro atoms. The molecule has 0 N–H and O–H groups in total. The van der Waals surface area contributed by atoms with Crippen LogP contribution in [0.1, 0.15) is 36.1 Å². The zero-order valence-corrected chi connectivity index (χ0v) is 12.2. The molecule has 0 saturated carbocycles. The number of hydrogen-bond acceptors (Lipinski definition) is 3. The molecule has 0 aliphatic heterocycles. The van der Waals surface area contributed by atoms with Gasteiger partial charge < -0.3 is 0 Å². The zero-order valence-electron chi connectivity index (χ0n) is 10.6. The molecule has 0 aliphatic carbocycles. The first-order valence-electron chi connectivity index (χ1n) is 5.86. The molecule has 19 heavy (non-hydrogen) atoms. The minimum Gasteiger partial charge on any atom is -0.294 e. The van der Waals surface area contributed by atoms with E-state index in [0.29, 0.717) is 10.3 Å². The topological polar surface area (TPSA) is 47.8 Å². The molecular formula is C13H13BrFN3O. The molecule has 2 rings (SSSR count). The van der Waals surface area contributed by atoms with Crippen LogP contribution in [0.2, 0.25) is 0 Å². The number of halogens is 2. The fourth-order valence-electron chi connectivity index (χ4n) is 1.83. The van der Waals surface area contributed by atoms with Gasteiger partial charge in [-0.05, 0) is 41.9 Å². The van der Waals surface area contributed by atoms with Crippen LogP contribution in [0.3, 0.4) is 0 Å². The second kappa shape index (κ2) is 5.61. The highest BCUT2D eigenvalue weighted by molar-refractivity contribution is 9.10. The van der Waals surface area contributed by atoms with Crippen LogP contribution in [0, 0.1) is 5.82 Å². The van der Waals surface area contributed by atoms with Crippen LogP contribution in [0.5, 0.6) is 0 Å². The molecule has 1 heterocycles. The maximum Gasteiger partial charge on any atom is 0.174 e. The number of rotatable bonds is 4. The predicted molar refractivity (Wildman–Crippen MR) is 72.5 cm³/mol. The lowest BCUT2D eigenvalue weighted by Crippen LogP contribution is -2.14. The van der Waals surface area contributed by atoms with Gasteiger partial charge in [0, 0.05) is 10.5 Å². The van der Waals surface area contributed by atoms with E-state index in [1.54, 1.807) is 16.8 Å². The summed E-state index contributed by atoms with van der Waals surface area (Å²) < 4.78 is 15.8. The van der Waals surface area contributed by atoms with Crippen molar-refractivity contribution in [3.63, 3.8) is 0 Å². The lowest BCUT2D eigenvalue weighted by Gasteiger charge is -2.09. The van der Waals surface area contributed by atoms with Crippen molar-refractivity contribution in [3.8, 4) is 0 Å². The van der Waals surface area contributed by atoms with Crippen molar-refractivity contribution in [3.05, 3.63) is 46.2 Å². The van der Waals surface area contributed by atoms with Crippen molar-refractivity contribution in [2.24, 2.45) is 0 Å². The maximum absolute atomic E-state index is 13.7. The standard InChI is InChI=1S/C13H13BrFN3O/c1-8(2)18-12(16-7-17-18)6-11(19)13-9(14)4-3-5-10(13)15/h3-5,7-8H,6H2,1-2H3. The van der Waals surface area contributed by atoms with Gasteiger partial charge in [0.2, 0.25) is 0 Å². The highest BCUT2D eigenvalue weighted by Gasteiger charge is 2.19. The quantitative estimate of drug-likeness (QED) is 0.811. The van der Waals surface area contributed by atoms with E-state index in [0.717, 1.165) is 0 Å². The molecule has 2 aromatic rings. The summed E-state index contributed by atoms with van der Waals surface area (Å²) in [7, 11) is 0. The van der Waals surface area contributed by atoms with E-state index in [4.69, 9.17) is 0 Å². The highest BCUT2D eigenvalue weighted by Crippen LogP contribution is 2.21. The Balaban J connectivity index is 2.29. The van der Waals surface area contributed by atoms with E-state index >= 15 is 0 Å². The molecule has 0 bridgehead atoms. The Morgan fingerprint density at radius 2 is 2.21 bits per heavy atom. The van der Waals surface area contributed by atoms with E-state index < -0.39 is 5.82 Å². The summed E-state index contributed by atoms with van der Waals surface area (Å²) in [6, 6.07) is 4.57. The molecule has 100 valence electrons. The number of ketones is 1. The summed E-state index contributed by atoms with van der Waals surface area (Å²) in [6.45, 7) is 3.89. The summed E-state index contributed by atoms with van der Waals surface area (Å²) in [5.41, 5.74) is 0.0563. The lowest BCUT2D eigenvalue weighted by molar-refractivity contribution is 0.0984. The number of hydrogen-bond donors (Lipinski definition) is 0. The first-order valence-corrected chi connectivity index (χ1v) is 6.65. The van der Waals surface area contributed by atoms with E-state index in [1.165, 1.54) is 12.4 Å². The van der Waals surface area contributed by atoms with Gasteiger partial charge >= 0.3 is 0 Å². The Bertz CT molecular complexity index is 589. The summed E-state index contributed by atoms with van der Waals surface area (Å²) in [5, 5.41) is 4.06. The van der Waals surface area contributed by atoms with Gasteiger partial charge in [0.15, 0.2) is 5.78 Å². The number of carbonyl (C=O) groups excluding carboxylic acids is 1. The number of benzene rings is 1. The number of aromatic nitrogens is 3. The van der Waals surface area contributed by atoms with E-state index in [-0.39, 0.29) is 23.8 Å². The number of carbonyl (C=O) groups is 1. The van der Waals surface area contributed by atoms with Gasteiger partial charge in [0.05, 0.1) is 12.0 Å². The molecule has 0 atom stereocenters. The van der Waals surface area contributed by atoms with Crippen molar-refractivity contribution in [2.45, 2.75) is 26.3 Å². The van der Waals surface area contributed by atoms with Crippen LogP contribution in [0.15, 0.2) is 29.0 Å². The molecule has 4 nitrogen and oxygen atoms in total. The van der Waals surface area contributed by atoms with Crippen molar-refractivity contribution >= 4 is 21.7 Å². The lowest BCUT2D eigenvalue weighted by atomic mass is 10.1. The van der Waals surface area contributed by atoms with Gasteiger partial charge in [-0.25, -0.2) is 14.1 Å². The monoisotopic (exact) mass is 325 g/mol. The van der Waals surface area contributed by atoms with Crippen molar-refractivity contribution in [2.75, 3.05) is 0 Å². The summed E-state index contributed by atoms with van der Waals surface area (Å²) in [5.74, 6) is -0.315. The summed E-state index contributed by atoms with van der Waals surface area (Å²) in [4.78, 5) is 16.2. The Kier molecular flexibility index (Phi) is 4.09. The fourth-order valence-corrected chi connectivity index (χ4v) is 2.39. The smallest absolute Gasteiger partial charge is 0.174 e. The van der Waals surface area contributed by atoms with Gasteiger partial charge in [-0.3, -0.25) is 4.79 Å². The Labute approximate surface area is 118 Å². The molecule has 1 aromatic heterocycles. The second-order valence-corrected chi connectivity index (χ2v) is 5.27. The summed E-state index contributed by atoms with van der Waals surface area (Å²) in [6.07, 6.45) is 1.43. The minimum atomic E-state index is -0.532. The third kappa shape index (κ3) is 2.89. The van der Waals surface area contributed by atoms with E-state index in [9.17, 15) is 9.18 Å². The van der Waals surface area contributed by atoms with Crippen LogP contribution in [-0.2, 0) is 6.42 Å². The zero-order chi connectivity index (χ0) is 14.0. The number of nitrogens with zero attached hydrogens (tertiary/aromatic N) is 3. The molecule has 0 saturated heterocycles. The van der Waals surface area contributed by atoms with Crippen molar-refractivity contribution < 1.29 is 9.18 Å². The second-order valence-electron chi connectivity index (χ2n) is 4.41. The van der Waals surface area contributed by atoms with Gasteiger partial charge in [0.25, 0.3) is 0 Å². The van der Waals surface area contributed by atoms with Gasteiger partial charge in [-0.2, -0.15) is 5.10 Å². The van der Waals surface area contributed by atoms with E-state index in [2.05, 4.69) is 26.0 Å². The number of Topliss-reactive ketones (excluding diaryl/α,β-unsaturated/α-hetero) is 1. The van der Waals surface area contributed by atoms with Crippen LogP contribution < -0.4 is 0 Å². The third-order valence-electron chi connectivity index (χ3n) is 2.70. The van der Waals surface area contributed by atoms with Gasteiger partial charge in [-0.15, -0.1) is 0 Å². The largest absolute Gasteiger partial charge is 0.294 e. The molecule has 0 fully saturated rings.